The number of rotatable bonds is 6. The number of hydrogen-bond donors (Lipinski definition) is 2. The molecule has 1 heterocycles. The van der Waals surface area contributed by atoms with Crippen molar-refractivity contribution >= 4 is 34.8 Å². The van der Waals surface area contributed by atoms with Gasteiger partial charge in [0.2, 0.25) is 12.3 Å². The molecule has 0 spiro atoms. The lowest BCUT2D eigenvalue weighted by Gasteiger charge is -2.15. The Kier molecular flexibility index (Phi) is 14.6. The van der Waals surface area contributed by atoms with E-state index < -0.39 is 17.5 Å². The van der Waals surface area contributed by atoms with Crippen LogP contribution in [0.5, 0.6) is 0 Å². The van der Waals surface area contributed by atoms with Crippen LogP contribution in [0.4, 0.5) is 8.78 Å². The van der Waals surface area contributed by atoms with Crippen LogP contribution in [0.15, 0.2) is 42.6 Å². The predicted octanol–water partition coefficient (Wildman–Crippen LogP) is 5.84. The van der Waals surface area contributed by atoms with E-state index in [0.717, 1.165) is 33.5 Å². The van der Waals surface area contributed by atoms with Gasteiger partial charge in [-0.3, -0.25) is 14.5 Å². The molecule has 0 saturated carbocycles. The van der Waals surface area contributed by atoms with Crippen LogP contribution in [0.1, 0.15) is 45.2 Å². The predicted molar refractivity (Wildman–Crippen MR) is 127 cm³/mol. The summed E-state index contributed by atoms with van der Waals surface area (Å²) in [5.41, 5.74) is 6.54. The van der Waals surface area contributed by atoms with E-state index in [-0.39, 0.29) is 13.0 Å². The summed E-state index contributed by atoms with van der Waals surface area (Å²) in [7, 11) is 1.50. The standard InChI is InChI=1S/C19H15ClF2N2O2.2C2H6.CH5N/c20-15-3-1-2-14-13(9-23-19(14)15)5-7-18(26)24(11-25)10-12-4-6-16(21)17(22)8-12;3*1-2/h1-4,6,8-9,11,23H,5,7,10H2;2*1-2H3;2H2,1H3. The lowest BCUT2D eigenvalue weighted by molar-refractivity contribution is -0.138. The van der Waals surface area contributed by atoms with Crippen LogP contribution in [-0.2, 0) is 22.6 Å². The number of nitrogens with zero attached hydrogens (tertiary/aromatic N) is 1. The highest BCUT2D eigenvalue weighted by atomic mass is 35.5. The largest absolute Gasteiger partial charge is 0.360 e. The number of nitrogens with two attached hydrogens (primary N) is 1. The van der Waals surface area contributed by atoms with Crippen LogP contribution in [0.3, 0.4) is 0 Å². The van der Waals surface area contributed by atoms with Gasteiger partial charge in [0.1, 0.15) is 0 Å². The van der Waals surface area contributed by atoms with E-state index in [4.69, 9.17) is 11.6 Å². The van der Waals surface area contributed by atoms with Crippen LogP contribution >= 0.6 is 11.6 Å². The molecule has 8 heteroatoms. The van der Waals surface area contributed by atoms with Crippen LogP contribution < -0.4 is 5.73 Å². The zero-order valence-corrected chi connectivity index (χ0v) is 20.0. The second-order valence-electron chi connectivity index (χ2n) is 5.85. The van der Waals surface area contributed by atoms with Gasteiger partial charge >= 0.3 is 0 Å². The third kappa shape index (κ3) is 8.05. The molecule has 0 aliphatic carbocycles. The Bertz CT molecular complexity index is 977. The first-order valence-electron chi connectivity index (χ1n) is 10.5. The van der Waals surface area contributed by atoms with Crippen molar-refractivity contribution in [2.75, 3.05) is 7.05 Å². The van der Waals surface area contributed by atoms with Crippen LogP contribution in [0, 0.1) is 11.6 Å². The molecule has 0 fully saturated rings. The van der Waals surface area contributed by atoms with E-state index in [2.05, 4.69) is 10.7 Å². The number of carbonyl (C=O) groups is 2. The number of H-pyrrole nitrogens is 1. The summed E-state index contributed by atoms with van der Waals surface area (Å²) in [6.07, 6.45) is 2.70. The second-order valence-corrected chi connectivity index (χ2v) is 6.26. The quantitative estimate of drug-likeness (QED) is 0.446. The van der Waals surface area contributed by atoms with Gasteiger partial charge in [0.25, 0.3) is 0 Å². The third-order valence-corrected chi connectivity index (χ3v) is 4.46. The molecule has 5 nitrogen and oxygen atoms in total. The van der Waals surface area contributed by atoms with E-state index in [1.54, 1.807) is 12.3 Å². The zero-order chi connectivity index (χ0) is 24.7. The highest BCUT2D eigenvalue weighted by molar-refractivity contribution is 6.35. The molecule has 2 aromatic carbocycles. The first kappa shape index (κ1) is 29.2. The molecule has 0 radical (unpaired) electrons. The molecule has 2 amide bonds. The minimum atomic E-state index is -1.02. The molecule has 32 heavy (non-hydrogen) atoms. The summed E-state index contributed by atoms with van der Waals surface area (Å²) in [5, 5.41) is 1.51. The molecule has 0 unspecified atom stereocenters. The number of aromatic nitrogens is 1. The monoisotopic (exact) mass is 467 g/mol. The number of para-hydroxylation sites is 1. The molecule has 0 bridgehead atoms. The Morgan fingerprint density at radius 1 is 1.09 bits per heavy atom. The highest BCUT2D eigenvalue weighted by Crippen LogP contribution is 2.26. The first-order chi connectivity index (χ1) is 15.5. The number of benzene rings is 2. The Balaban J connectivity index is 0.00000148. The van der Waals surface area contributed by atoms with Crippen molar-refractivity contribution in [1.29, 1.82) is 0 Å². The number of imide groups is 1. The zero-order valence-electron chi connectivity index (χ0n) is 19.2. The van der Waals surface area contributed by atoms with Gasteiger partial charge in [-0.15, -0.1) is 0 Å². The fraction of sp³-hybridized carbons (Fsp3) is 0.333. The fourth-order valence-corrected chi connectivity index (χ4v) is 3.02. The number of carbonyl (C=O) groups excluding carboxylic acids is 2. The number of nitrogens with one attached hydrogen (secondary N) is 1. The maximum atomic E-state index is 13.3. The molecular weight excluding hydrogens is 436 g/mol. The lowest BCUT2D eigenvalue weighted by Crippen LogP contribution is -2.29. The van der Waals surface area contributed by atoms with Crippen LogP contribution in [-0.4, -0.2) is 29.2 Å². The van der Waals surface area contributed by atoms with Gasteiger partial charge in [-0.2, -0.15) is 0 Å². The van der Waals surface area contributed by atoms with Gasteiger partial charge in [0.15, 0.2) is 11.6 Å². The third-order valence-electron chi connectivity index (χ3n) is 4.14. The summed E-state index contributed by atoms with van der Waals surface area (Å²) in [4.78, 5) is 27.6. The summed E-state index contributed by atoms with van der Waals surface area (Å²) < 4.78 is 26.2. The van der Waals surface area contributed by atoms with E-state index in [1.165, 1.54) is 13.1 Å². The van der Waals surface area contributed by atoms with E-state index >= 15 is 0 Å². The minimum absolute atomic E-state index is 0.0991. The van der Waals surface area contributed by atoms with E-state index in [1.807, 2.05) is 39.8 Å². The Morgan fingerprint density at radius 3 is 2.34 bits per heavy atom. The summed E-state index contributed by atoms with van der Waals surface area (Å²) in [5.74, 6) is -2.40. The van der Waals surface area contributed by atoms with E-state index in [9.17, 15) is 18.4 Å². The van der Waals surface area contributed by atoms with Gasteiger partial charge in [-0.1, -0.05) is 57.5 Å². The molecule has 0 atom stereocenters. The number of halogens is 3. The molecule has 3 aromatic rings. The Hall–Kier alpha value is -2.77. The van der Waals surface area contributed by atoms with Gasteiger partial charge in [0, 0.05) is 18.0 Å². The number of amides is 2. The maximum Gasteiger partial charge on any atom is 0.229 e. The molecule has 0 saturated heterocycles. The smallest absolute Gasteiger partial charge is 0.229 e. The SMILES string of the molecule is CC.CC.CN.O=CN(Cc1ccc(F)c(F)c1)C(=O)CCc1c[nH]c2c(Cl)cccc12. The van der Waals surface area contributed by atoms with Crippen molar-refractivity contribution < 1.29 is 18.4 Å². The number of aromatic amines is 1. The number of hydrogen-bond acceptors (Lipinski definition) is 3. The van der Waals surface area contributed by atoms with Crippen LogP contribution in [0.2, 0.25) is 5.02 Å². The second kappa shape index (κ2) is 15.9. The van der Waals surface area contributed by atoms with E-state index in [0.29, 0.717) is 23.4 Å². The molecule has 0 aliphatic heterocycles. The topological polar surface area (TPSA) is 79.2 Å². The summed E-state index contributed by atoms with van der Waals surface area (Å²) in [6, 6.07) is 8.77. The van der Waals surface area contributed by atoms with Crippen molar-refractivity contribution in [3.05, 3.63) is 70.4 Å². The minimum Gasteiger partial charge on any atom is -0.360 e. The van der Waals surface area contributed by atoms with Crippen molar-refractivity contribution in [2.45, 2.75) is 47.1 Å². The van der Waals surface area contributed by atoms with Gasteiger partial charge in [-0.25, -0.2) is 8.78 Å². The Labute approximate surface area is 193 Å². The van der Waals surface area contributed by atoms with Gasteiger partial charge in [0.05, 0.1) is 17.1 Å². The number of fused-ring (bicyclic) bond motifs is 1. The average Bonchev–Trinajstić information content (AvgIpc) is 3.26. The lowest BCUT2D eigenvalue weighted by atomic mass is 10.1. The molecule has 3 rings (SSSR count). The summed E-state index contributed by atoms with van der Waals surface area (Å²) in [6.45, 7) is 7.89. The Morgan fingerprint density at radius 2 is 1.75 bits per heavy atom. The van der Waals surface area contributed by atoms with Gasteiger partial charge in [-0.05, 0) is 42.8 Å². The fourth-order valence-electron chi connectivity index (χ4n) is 2.79. The molecular formula is C24H32ClF2N3O2. The normalized spacial score (nSPS) is 9.41. The van der Waals surface area contributed by atoms with Crippen LogP contribution in [0.25, 0.3) is 10.9 Å². The molecule has 0 aliphatic rings. The average molecular weight is 468 g/mol. The molecule has 1 aromatic heterocycles. The van der Waals surface area contributed by atoms with Crippen molar-refractivity contribution in [1.82, 2.24) is 9.88 Å². The molecule has 3 N–H and O–H groups in total. The number of aryl methyl sites for hydroxylation is 1. The first-order valence-corrected chi connectivity index (χ1v) is 10.9. The van der Waals surface area contributed by atoms with Gasteiger partial charge < -0.3 is 10.7 Å². The highest BCUT2D eigenvalue weighted by Gasteiger charge is 2.15. The summed E-state index contributed by atoms with van der Waals surface area (Å²) >= 11 is 6.11. The molecule has 176 valence electrons. The maximum absolute atomic E-state index is 13.3. The van der Waals surface area contributed by atoms with Crippen molar-refractivity contribution in [3.63, 3.8) is 0 Å². The van der Waals surface area contributed by atoms with Crippen molar-refractivity contribution in [3.8, 4) is 0 Å². The van der Waals surface area contributed by atoms with Crippen molar-refractivity contribution in [2.24, 2.45) is 5.73 Å².